The van der Waals surface area contributed by atoms with Gasteiger partial charge in [-0.15, -0.1) is 0 Å². The van der Waals surface area contributed by atoms with Gasteiger partial charge in [-0.1, -0.05) is 28.9 Å². The molecule has 0 saturated carbocycles. The Morgan fingerprint density at radius 3 is 2.70 bits per heavy atom. The maximum absolute atomic E-state index is 13.2. The molecule has 30 heavy (non-hydrogen) atoms. The average Bonchev–Trinajstić information content (AvgIpc) is 2.79. The van der Waals surface area contributed by atoms with Crippen LogP contribution in [0.2, 0.25) is 0 Å². The van der Waals surface area contributed by atoms with Gasteiger partial charge in [-0.25, -0.2) is 9.79 Å². The van der Waals surface area contributed by atoms with Crippen molar-refractivity contribution in [3.8, 4) is 0 Å². The predicted octanol–water partition coefficient (Wildman–Crippen LogP) is 4.38. The highest BCUT2D eigenvalue weighted by Gasteiger charge is 2.21. The van der Waals surface area contributed by atoms with Crippen LogP contribution in [0.4, 0.5) is 10.5 Å². The van der Waals surface area contributed by atoms with E-state index in [9.17, 15) is 9.59 Å². The van der Waals surface area contributed by atoms with E-state index in [1.54, 1.807) is 4.90 Å². The molecule has 0 bridgehead atoms. The van der Waals surface area contributed by atoms with Crippen LogP contribution in [0.15, 0.2) is 33.2 Å². The van der Waals surface area contributed by atoms with Crippen molar-refractivity contribution in [3.05, 3.63) is 33.8 Å². The quantitative estimate of drug-likeness (QED) is 0.568. The summed E-state index contributed by atoms with van der Waals surface area (Å²) in [6.45, 7) is 9.09. The number of nitrogens with zero attached hydrogens (tertiary/aromatic N) is 2. The van der Waals surface area contributed by atoms with Gasteiger partial charge in [0.1, 0.15) is 11.4 Å². The number of nitrogens with two attached hydrogens (primary N) is 1. The fourth-order valence-corrected chi connectivity index (χ4v) is 3.41. The molecule has 0 radical (unpaired) electrons. The Morgan fingerprint density at radius 1 is 1.30 bits per heavy atom. The number of carbonyl (C=O) groups is 2. The monoisotopic (exact) mass is 478 g/mol. The summed E-state index contributed by atoms with van der Waals surface area (Å²) in [4.78, 5) is 31.2. The first-order valence-electron chi connectivity index (χ1n) is 10.2. The van der Waals surface area contributed by atoms with Gasteiger partial charge in [0.15, 0.2) is 0 Å². The SMILES string of the molecule is CCCN(CCCNC(=O)OC(C)(C)C)C(=O)C1=Cc2ccc(Br)cc2N=C(N)C1. The lowest BCUT2D eigenvalue weighted by molar-refractivity contribution is -0.127. The maximum Gasteiger partial charge on any atom is 0.407 e. The molecule has 0 aliphatic carbocycles. The third kappa shape index (κ3) is 7.48. The number of amides is 2. The second kappa shape index (κ2) is 10.6. The van der Waals surface area contributed by atoms with Gasteiger partial charge >= 0.3 is 6.09 Å². The summed E-state index contributed by atoms with van der Waals surface area (Å²) in [7, 11) is 0. The van der Waals surface area contributed by atoms with Crippen LogP contribution in [-0.2, 0) is 9.53 Å². The van der Waals surface area contributed by atoms with Crippen LogP contribution in [0.3, 0.4) is 0 Å². The van der Waals surface area contributed by atoms with Crippen molar-refractivity contribution in [2.75, 3.05) is 19.6 Å². The van der Waals surface area contributed by atoms with Crippen LogP contribution < -0.4 is 11.1 Å². The Kier molecular flexibility index (Phi) is 8.46. The van der Waals surface area contributed by atoms with Gasteiger partial charge in [0.25, 0.3) is 0 Å². The number of halogens is 1. The third-order valence-corrected chi connectivity index (χ3v) is 4.78. The second-order valence-corrected chi connectivity index (χ2v) is 9.14. The molecule has 7 nitrogen and oxygen atoms in total. The van der Waals surface area contributed by atoms with Crippen LogP contribution in [0.25, 0.3) is 6.08 Å². The number of alkyl carbamates (subject to hydrolysis) is 1. The van der Waals surface area contributed by atoms with Gasteiger partial charge in [-0.2, -0.15) is 0 Å². The Labute approximate surface area is 186 Å². The highest BCUT2D eigenvalue weighted by Crippen LogP contribution is 2.30. The van der Waals surface area contributed by atoms with Crippen LogP contribution in [0, 0.1) is 0 Å². The standard InChI is InChI=1S/C22H31BrN4O3/c1-5-10-27(11-6-9-25-21(29)30-22(2,3)4)20(28)16-12-15-7-8-17(23)14-18(15)26-19(24)13-16/h7-8,12,14H,5-6,9-11,13H2,1-4H3,(H2,24,26)(H,25,29). The molecule has 1 heterocycles. The van der Waals surface area contributed by atoms with E-state index in [2.05, 4.69) is 26.2 Å². The fraction of sp³-hybridized carbons (Fsp3) is 0.500. The molecule has 164 valence electrons. The summed E-state index contributed by atoms with van der Waals surface area (Å²) < 4.78 is 6.14. The van der Waals surface area contributed by atoms with Crippen molar-refractivity contribution in [3.63, 3.8) is 0 Å². The van der Waals surface area contributed by atoms with E-state index in [-0.39, 0.29) is 5.91 Å². The van der Waals surface area contributed by atoms with Crippen molar-refractivity contribution >= 4 is 45.5 Å². The number of ether oxygens (including phenoxy) is 1. The smallest absolute Gasteiger partial charge is 0.407 e. The third-order valence-electron chi connectivity index (χ3n) is 4.29. The molecule has 1 aliphatic heterocycles. The molecule has 2 rings (SSSR count). The molecule has 2 amide bonds. The minimum atomic E-state index is -0.534. The van der Waals surface area contributed by atoms with Crippen LogP contribution in [-0.4, -0.2) is 48.0 Å². The van der Waals surface area contributed by atoms with Crippen molar-refractivity contribution < 1.29 is 14.3 Å². The number of rotatable bonds is 7. The summed E-state index contributed by atoms with van der Waals surface area (Å²) in [6, 6.07) is 5.72. The van der Waals surface area contributed by atoms with Crippen molar-refractivity contribution in [1.29, 1.82) is 0 Å². The fourth-order valence-electron chi connectivity index (χ4n) is 3.06. The molecule has 0 atom stereocenters. The first-order valence-corrected chi connectivity index (χ1v) is 11.0. The lowest BCUT2D eigenvalue weighted by atomic mass is 10.1. The van der Waals surface area contributed by atoms with E-state index >= 15 is 0 Å². The Hall–Kier alpha value is -2.35. The summed E-state index contributed by atoms with van der Waals surface area (Å²) in [5.41, 5.74) is 7.76. The van der Waals surface area contributed by atoms with Crippen molar-refractivity contribution in [2.24, 2.45) is 10.7 Å². The lowest BCUT2D eigenvalue weighted by Gasteiger charge is -2.24. The number of carbonyl (C=O) groups excluding carboxylic acids is 2. The van der Waals surface area contributed by atoms with Gasteiger partial charge in [-0.3, -0.25) is 4.79 Å². The number of fused-ring (bicyclic) bond motifs is 1. The molecule has 0 aromatic heterocycles. The number of hydrogen-bond acceptors (Lipinski definition) is 5. The zero-order valence-electron chi connectivity index (χ0n) is 18.1. The predicted molar refractivity (Wildman–Crippen MR) is 124 cm³/mol. The Balaban J connectivity index is 2.03. The molecule has 0 fully saturated rings. The molecule has 1 aliphatic rings. The van der Waals surface area contributed by atoms with E-state index in [4.69, 9.17) is 10.5 Å². The van der Waals surface area contributed by atoms with Crippen LogP contribution in [0.1, 0.15) is 52.5 Å². The first-order chi connectivity index (χ1) is 14.1. The minimum absolute atomic E-state index is 0.0527. The summed E-state index contributed by atoms with van der Waals surface area (Å²) >= 11 is 3.44. The first kappa shape index (κ1) is 23.9. The molecule has 1 aromatic rings. The van der Waals surface area contributed by atoms with Gasteiger partial charge in [0.2, 0.25) is 5.91 Å². The molecular weight excluding hydrogens is 448 g/mol. The number of benzene rings is 1. The summed E-state index contributed by atoms with van der Waals surface area (Å²) in [5, 5.41) is 2.73. The van der Waals surface area contributed by atoms with Gasteiger partial charge in [0, 0.05) is 41.7 Å². The second-order valence-electron chi connectivity index (χ2n) is 8.23. The molecule has 1 aromatic carbocycles. The van der Waals surface area contributed by atoms with E-state index in [1.165, 1.54) is 0 Å². The molecule has 8 heteroatoms. The zero-order chi connectivity index (χ0) is 22.3. The highest BCUT2D eigenvalue weighted by atomic mass is 79.9. The Morgan fingerprint density at radius 2 is 2.03 bits per heavy atom. The molecular formula is C22H31BrN4O3. The van der Waals surface area contributed by atoms with E-state index in [0.717, 1.165) is 22.1 Å². The van der Waals surface area contributed by atoms with Gasteiger partial charge in [0.05, 0.1) is 5.69 Å². The van der Waals surface area contributed by atoms with Crippen LogP contribution >= 0.6 is 15.9 Å². The number of hydrogen-bond donors (Lipinski definition) is 2. The van der Waals surface area contributed by atoms with Gasteiger partial charge in [-0.05, 0) is 51.8 Å². The number of nitrogens with one attached hydrogen (secondary N) is 1. The van der Waals surface area contributed by atoms with Gasteiger partial charge < -0.3 is 20.7 Å². The molecule has 3 N–H and O–H groups in total. The maximum atomic E-state index is 13.2. The number of amidine groups is 1. The van der Waals surface area contributed by atoms with Crippen molar-refractivity contribution in [1.82, 2.24) is 10.2 Å². The van der Waals surface area contributed by atoms with Crippen LogP contribution in [0.5, 0.6) is 0 Å². The summed E-state index contributed by atoms with van der Waals surface area (Å²) in [6.07, 6.45) is 3.20. The summed E-state index contributed by atoms with van der Waals surface area (Å²) in [5.74, 6) is 0.359. The Bertz CT molecular complexity index is 843. The zero-order valence-corrected chi connectivity index (χ0v) is 19.7. The van der Waals surface area contributed by atoms with E-state index in [1.807, 2.05) is 52.0 Å². The van der Waals surface area contributed by atoms with E-state index < -0.39 is 11.7 Å². The molecule has 0 saturated heterocycles. The lowest BCUT2D eigenvalue weighted by Crippen LogP contribution is -2.37. The number of aliphatic imine (C=N–C) groups is 1. The van der Waals surface area contributed by atoms with Crippen molar-refractivity contribution in [2.45, 2.75) is 52.6 Å². The largest absolute Gasteiger partial charge is 0.444 e. The topological polar surface area (TPSA) is 97.0 Å². The normalized spacial score (nSPS) is 13.5. The minimum Gasteiger partial charge on any atom is -0.444 e. The molecule has 0 unspecified atom stereocenters. The van der Waals surface area contributed by atoms with E-state index in [0.29, 0.717) is 43.9 Å². The highest BCUT2D eigenvalue weighted by molar-refractivity contribution is 9.10. The average molecular weight is 479 g/mol. The molecule has 0 spiro atoms.